The number of nitrogens with one attached hydrogen (secondary N) is 1. The number of aromatic nitrogens is 2. The fourth-order valence-electron chi connectivity index (χ4n) is 1.16. The van der Waals surface area contributed by atoms with Crippen molar-refractivity contribution < 1.29 is 14.3 Å². The Morgan fingerprint density at radius 2 is 2.19 bits per heavy atom. The Kier molecular flexibility index (Phi) is 4.22. The van der Waals surface area contributed by atoms with Crippen molar-refractivity contribution in [1.29, 1.82) is 0 Å². The lowest BCUT2D eigenvalue weighted by molar-refractivity contribution is -0.145. The van der Waals surface area contributed by atoms with Crippen molar-refractivity contribution in [3.05, 3.63) is 17.7 Å². The van der Waals surface area contributed by atoms with Gasteiger partial charge in [0.2, 0.25) is 0 Å². The Bertz CT molecular complexity index is 382. The van der Waals surface area contributed by atoms with Crippen molar-refractivity contribution >= 4 is 11.8 Å². The average molecular weight is 224 g/mol. The van der Waals surface area contributed by atoms with Crippen LogP contribution in [0.2, 0.25) is 0 Å². The van der Waals surface area contributed by atoms with E-state index in [4.69, 9.17) is 4.74 Å². The normalized spacial score (nSPS) is 10.5. The average Bonchev–Trinajstić information content (AvgIpc) is 2.61. The molecule has 0 unspecified atom stereocenters. The van der Waals surface area contributed by atoms with E-state index in [1.807, 2.05) is 13.8 Å². The second kappa shape index (κ2) is 5.44. The summed E-state index contributed by atoms with van der Waals surface area (Å²) in [6.07, 6.45) is 1.96. The van der Waals surface area contributed by atoms with E-state index in [-0.39, 0.29) is 30.1 Å². The molecule has 0 fully saturated rings. The molecule has 5 heteroatoms. The lowest BCUT2D eigenvalue weighted by Crippen LogP contribution is -2.08. The van der Waals surface area contributed by atoms with Crippen molar-refractivity contribution in [1.82, 2.24) is 9.97 Å². The maximum atomic E-state index is 11.2. The van der Waals surface area contributed by atoms with E-state index in [1.165, 1.54) is 6.92 Å². The Morgan fingerprint density at radius 3 is 2.69 bits per heavy atom. The van der Waals surface area contributed by atoms with Crippen LogP contribution in [0.15, 0.2) is 6.20 Å². The van der Waals surface area contributed by atoms with Crippen molar-refractivity contribution in [2.24, 2.45) is 5.92 Å². The molecule has 0 amide bonds. The molecule has 1 N–H and O–H groups in total. The Hall–Kier alpha value is -1.65. The van der Waals surface area contributed by atoms with Crippen molar-refractivity contribution in [3.63, 3.8) is 0 Å². The van der Waals surface area contributed by atoms with E-state index < -0.39 is 0 Å². The summed E-state index contributed by atoms with van der Waals surface area (Å²) in [6.45, 7) is 5.43. The van der Waals surface area contributed by atoms with Crippen LogP contribution in [0.25, 0.3) is 0 Å². The van der Waals surface area contributed by atoms with E-state index >= 15 is 0 Å². The lowest BCUT2D eigenvalue weighted by atomic mass is 10.1. The number of hydrogen-bond acceptors (Lipinski definition) is 4. The molecular weight excluding hydrogens is 208 g/mol. The lowest BCUT2D eigenvalue weighted by Gasteiger charge is -2.04. The van der Waals surface area contributed by atoms with E-state index in [0.717, 1.165) is 0 Å². The molecule has 1 heterocycles. The Labute approximate surface area is 94.2 Å². The topological polar surface area (TPSA) is 72.0 Å². The number of ether oxygens (including phenoxy) is 1. The number of carbonyl (C=O) groups is 2. The molecule has 1 aromatic rings. The predicted octanol–water partition coefficient (Wildman–Crippen LogP) is 1.70. The van der Waals surface area contributed by atoms with E-state index in [1.54, 1.807) is 6.20 Å². The van der Waals surface area contributed by atoms with E-state index in [2.05, 4.69) is 9.97 Å². The van der Waals surface area contributed by atoms with Crippen LogP contribution in [-0.2, 0) is 16.1 Å². The zero-order chi connectivity index (χ0) is 12.1. The van der Waals surface area contributed by atoms with Gasteiger partial charge in [0.1, 0.15) is 6.61 Å². The SMILES string of the molecule is CC(=O)c1nc(COC(=O)CC(C)C)c[nH]1. The van der Waals surface area contributed by atoms with Gasteiger partial charge in [0.15, 0.2) is 11.6 Å². The molecule has 16 heavy (non-hydrogen) atoms. The molecule has 0 aromatic carbocycles. The van der Waals surface area contributed by atoms with Crippen LogP contribution in [0, 0.1) is 5.92 Å². The summed E-state index contributed by atoms with van der Waals surface area (Å²) in [5.74, 6) is 0.177. The predicted molar refractivity (Wildman–Crippen MR) is 57.8 cm³/mol. The van der Waals surface area contributed by atoms with Gasteiger partial charge in [0, 0.05) is 19.5 Å². The third kappa shape index (κ3) is 3.84. The van der Waals surface area contributed by atoms with Crippen LogP contribution in [0.4, 0.5) is 0 Å². The van der Waals surface area contributed by atoms with Crippen molar-refractivity contribution in [2.45, 2.75) is 33.8 Å². The largest absolute Gasteiger partial charge is 0.459 e. The zero-order valence-electron chi connectivity index (χ0n) is 9.74. The molecule has 0 spiro atoms. The summed E-state index contributed by atoms with van der Waals surface area (Å²) in [6, 6.07) is 0. The maximum Gasteiger partial charge on any atom is 0.306 e. The smallest absolute Gasteiger partial charge is 0.306 e. The number of carbonyl (C=O) groups excluding carboxylic acids is 2. The van der Waals surface area contributed by atoms with Crippen LogP contribution < -0.4 is 0 Å². The number of nitrogens with zero attached hydrogens (tertiary/aromatic N) is 1. The molecule has 1 rings (SSSR count). The van der Waals surface area contributed by atoms with Crippen LogP contribution in [-0.4, -0.2) is 21.7 Å². The van der Waals surface area contributed by atoms with Gasteiger partial charge in [-0.25, -0.2) is 4.98 Å². The third-order valence-corrected chi connectivity index (χ3v) is 1.92. The third-order valence-electron chi connectivity index (χ3n) is 1.92. The van der Waals surface area contributed by atoms with Gasteiger partial charge in [-0.05, 0) is 5.92 Å². The highest BCUT2D eigenvalue weighted by Crippen LogP contribution is 2.04. The van der Waals surface area contributed by atoms with Crippen LogP contribution in [0.5, 0.6) is 0 Å². The highest BCUT2D eigenvalue weighted by molar-refractivity contribution is 5.90. The first-order valence-corrected chi connectivity index (χ1v) is 5.20. The maximum absolute atomic E-state index is 11.2. The molecule has 0 saturated carbocycles. The standard InChI is InChI=1S/C11H16N2O3/c1-7(2)4-10(15)16-6-9-5-12-11(13-9)8(3)14/h5,7H,4,6H2,1-3H3,(H,12,13). The highest BCUT2D eigenvalue weighted by Gasteiger charge is 2.09. The number of imidazole rings is 1. The Morgan fingerprint density at radius 1 is 1.50 bits per heavy atom. The molecule has 1 aromatic heterocycles. The summed E-state index contributed by atoms with van der Waals surface area (Å²) in [7, 11) is 0. The van der Waals surface area contributed by atoms with Gasteiger partial charge in [0.25, 0.3) is 0 Å². The molecule has 0 aliphatic heterocycles. The monoisotopic (exact) mass is 224 g/mol. The second-order valence-electron chi connectivity index (χ2n) is 4.06. The number of rotatable bonds is 5. The molecule has 0 aliphatic rings. The molecule has 0 aliphatic carbocycles. The summed E-state index contributed by atoms with van der Waals surface area (Å²) in [4.78, 5) is 28.9. The minimum atomic E-state index is -0.248. The minimum Gasteiger partial charge on any atom is -0.459 e. The van der Waals surface area contributed by atoms with Gasteiger partial charge in [-0.15, -0.1) is 0 Å². The highest BCUT2D eigenvalue weighted by atomic mass is 16.5. The molecule has 0 bridgehead atoms. The van der Waals surface area contributed by atoms with Crippen LogP contribution >= 0.6 is 0 Å². The number of aromatic amines is 1. The van der Waals surface area contributed by atoms with E-state index in [9.17, 15) is 9.59 Å². The van der Waals surface area contributed by atoms with Gasteiger partial charge < -0.3 is 9.72 Å². The summed E-state index contributed by atoms with van der Waals surface area (Å²) in [5.41, 5.74) is 0.558. The molecule has 0 atom stereocenters. The van der Waals surface area contributed by atoms with Crippen molar-refractivity contribution in [2.75, 3.05) is 0 Å². The number of esters is 1. The number of ketones is 1. The fourth-order valence-corrected chi connectivity index (χ4v) is 1.16. The fraction of sp³-hybridized carbons (Fsp3) is 0.545. The Balaban J connectivity index is 2.42. The molecule has 0 saturated heterocycles. The quantitative estimate of drug-likeness (QED) is 0.610. The number of Topliss-reactive ketones (excluding diaryl/α,β-unsaturated/α-hetero) is 1. The molecule has 88 valence electrons. The van der Waals surface area contributed by atoms with Gasteiger partial charge >= 0.3 is 5.97 Å². The van der Waals surface area contributed by atoms with Crippen LogP contribution in [0.3, 0.4) is 0 Å². The van der Waals surface area contributed by atoms with Gasteiger partial charge in [0.05, 0.1) is 5.69 Å². The second-order valence-corrected chi connectivity index (χ2v) is 4.06. The molecule has 5 nitrogen and oxygen atoms in total. The minimum absolute atomic E-state index is 0.106. The number of hydrogen-bond donors (Lipinski definition) is 1. The zero-order valence-corrected chi connectivity index (χ0v) is 9.74. The molecular formula is C11H16N2O3. The van der Waals surface area contributed by atoms with E-state index in [0.29, 0.717) is 12.1 Å². The first kappa shape index (κ1) is 12.4. The van der Waals surface area contributed by atoms with Crippen LogP contribution in [0.1, 0.15) is 43.5 Å². The first-order valence-electron chi connectivity index (χ1n) is 5.20. The van der Waals surface area contributed by atoms with Gasteiger partial charge in [-0.2, -0.15) is 0 Å². The van der Waals surface area contributed by atoms with Gasteiger partial charge in [-0.3, -0.25) is 9.59 Å². The van der Waals surface area contributed by atoms with Crippen molar-refractivity contribution in [3.8, 4) is 0 Å². The summed E-state index contributed by atoms with van der Waals surface area (Å²) < 4.78 is 5.00. The first-order chi connectivity index (χ1) is 7.49. The summed E-state index contributed by atoms with van der Waals surface area (Å²) in [5, 5.41) is 0. The summed E-state index contributed by atoms with van der Waals surface area (Å²) >= 11 is 0. The van der Waals surface area contributed by atoms with Gasteiger partial charge in [-0.1, -0.05) is 13.8 Å². The molecule has 0 radical (unpaired) electrons. The number of H-pyrrole nitrogens is 1.